The molecule has 1 fully saturated rings. The summed E-state index contributed by atoms with van der Waals surface area (Å²) < 4.78 is 10.6. The molecule has 1 aromatic heterocycles. The smallest absolute Gasteiger partial charge is 0.322 e. The number of carbonyl (C=O) groups is 1. The second kappa shape index (κ2) is 9.55. The molecule has 0 spiro atoms. The number of hydrogen-bond acceptors (Lipinski definition) is 6. The van der Waals surface area contributed by atoms with E-state index in [-0.39, 0.29) is 6.03 Å². The van der Waals surface area contributed by atoms with E-state index in [9.17, 15) is 4.79 Å². The number of amides is 2. The highest BCUT2D eigenvalue weighted by atomic mass is 16.5. The number of nitrogens with one attached hydrogen (secondary N) is 1. The first kappa shape index (κ1) is 21.4. The Morgan fingerprint density at radius 3 is 2.28 bits per heavy atom. The minimum atomic E-state index is -0.130. The van der Waals surface area contributed by atoms with E-state index in [0.29, 0.717) is 37.6 Å². The molecule has 2 heterocycles. The van der Waals surface area contributed by atoms with Crippen molar-refractivity contribution in [1.29, 1.82) is 0 Å². The lowest BCUT2D eigenvalue weighted by Gasteiger charge is -2.35. The Kier molecular flexibility index (Phi) is 6.39. The molecule has 166 valence electrons. The molecule has 2 aromatic carbocycles. The number of carbonyl (C=O) groups excluding carboxylic acids is 1. The van der Waals surface area contributed by atoms with Crippen molar-refractivity contribution in [2.24, 2.45) is 0 Å². The predicted octanol–water partition coefficient (Wildman–Crippen LogP) is 3.82. The molecule has 1 aliphatic heterocycles. The summed E-state index contributed by atoms with van der Waals surface area (Å²) in [6.45, 7) is 4.56. The van der Waals surface area contributed by atoms with Crippen LogP contribution in [0.3, 0.4) is 0 Å². The summed E-state index contributed by atoms with van der Waals surface area (Å²) in [4.78, 5) is 16.7. The SMILES string of the molecule is COc1ccc(-c2ccc(N3CCN(C(=O)Nc4cc(C)ccc4OC)CC3)nn2)cc1. The van der Waals surface area contributed by atoms with Crippen LogP contribution in [0.5, 0.6) is 11.5 Å². The van der Waals surface area contributed by atoms with Gasteiger partial charge in [0.05, 0.1) is 25.6 Å². The monoisotopic (exact) mass is 433 g/mol. The Bertz CT molecular complexity index is 1060. The van der Waals surface area contributed by atoms with E-state index in [2.05, 4.69) is 20.4 Å². The summed E-state index contributed by atoms with van der Waals surface area (Å²) in [6.07, 6.45) is 0. The van der Waals surface area contributed by atoms with Crippen LogP contribution >= 0.6 is 0 Å². The van der Waals surface area contributed by atoms with Crippen molar-refractivity contribution in [3.8, 4) is 22.8 Å². The van der Waals surface area contributed by atoms with Gasteiger partial charge < -0.3 is 24.6 Å². The van der Waals surface area contributed by atoms with Gasteiger partial charge in [-0.2, -0.15) is 0 Å². The Hall–Kier alpha value is -3.81. The topological polar surface area (TPSA) is 79.8 Å². The fraction of sp³-hybridized carbons (Fsp3) is 0.292. The fourth-order valence-corrected chi connectivity index (χ4v) is 3.66. The number of urea groups is 1. The molecule has 2 amide bonds. The Labute approximate surface area is 187 Å². The number of methoxy groups -OCH3 is 2. The molecule has 32 heavy (non-hydrogen) atoms. The molecule has 0 bridgehead atoms. The normalized spacial score (nSPS) is 13.6. The van der Waals surface area contributed by atoms with E-state index in [1.165, 1.54) is 0 Å². The van der Waals surface area contributed by atoms with Gasteiger partial charge >= 0.3 is 6.03 Å². The molecule has 3 aromatic rings. The number of anilines is 2. The molecule has 1 aliphatic rings. The number of nitrogens with zero attached hydrogens (tertiary/aromatic N) is 4. The lowest BCUT2D eigenvalue weighted by atomic mass is 10.1. The second-order valence-corrected chi connectivity index (χ2v) is 7.61. The third kappa shape index (κ3) is 4.74. The molecule has 1 saturated heterocycles. The van der Waals surface area contributed by atoms with Crippen LogP contribution in [0, 0.1) is 6.92 Å². The largest absolute Gasteiger partial charge is 0.497 e. The van der Waals surface area contributed by atoms with Crippen LogP contribution < -0.4 is 19.7 Å². The molecule has 0 radical (unpaired) electrons. The standard InChI is InChI=1S/C24H27N5O3/c1-17-4-10-22(32-3)21(16-17)25-24(30)29-14-12-28(13-15-29)23-11-9-20(26-27-23)18-5-7-19(31-2)8-6-18/h4-11,16H,12-15H2,1-3H3,(H,25,30). The molecule has 0 atom stereocenters. The van der Waals surface area contributed by atoms with Gasteiger partial charge in [-0.15, -0.1) is 10.2 Å². The van der Waals surface area contributed by atoms with Crippen molar-refractivity contribution in [3.63, 3.8) is 0 Å². The highest BCUT2D eigenvalue weighted by molar-refractivity contribution is 5.91. The number of rotatable bonds is 5. The number of piperazine rings is 1. The predicted molar refractivity (Wildman–Crippen MR) is 125 cm³/mol. The van der Waals surface area contributed by atoms with Crippen molar-refractivity contribution in [2.45, 2.75) is 6.92 Å². The summed E-state index contributed by atoms with van der Waals surface area (Å²) in [5.74, 6) is 2.26. The first-order valence-corrected chi connectivity index (χ1v) is 10.5. The third-order valence-electron chi connectivity index (χ3n) is 5.52. The van der Waals surface area contributed by atoms with E-state index < -0.39 is 0 Å². The molecular formula is C24H27N5O3. The van der Waals surface area contributed by atoms with Crippen molar-refractivity contribution in [2.75, 3.05) is 50.6 Å². The Morgan fingerprint density at radius 1 is 0.906 bits per heavy atom. The van der Waals surface area contributed by atoms with E-state index in [4.69, 9.17) is 9.47 Å². The van der Waals surface area contributed by atoms with Gasteiger partial charge in [0.1, 0.15) is 11.5 Å². The summed E-state index contributed by atoms with van der Waals surface area (Å²) >= 11 is 0. The molecule has 8 heteroatoms. The second-order valence-electron chi connectivity index (χ2n) is 7.61. The van der Waals surface area contributed by atoms with Crippen LogP contribution in [0.2, 0.25) is 0 Å². The van der Waals surface area contributed by atoms with Crippen molar-refractivity contribution in [1.82, 2.24) is 15.1 Å². The molecule has 4 rings (SSSR count). The van der Waals surface area contributed by atoms with Gasteiger partial charge in [0.25, 0.3) is 0 Å². The zero-order valence-electron chi connectivity index (χ0n) is 18.5. The lowest BCUT2D eigenvalue weighted by Crippen LogP contribution is -2.50. The lowest BCUT2D eigenvalue weighted by molar-refractivity contribution is 0.208. The third-order valence-corrected chi connectivity index (χ3v) is 5.52. The van der Waals surface area contributed by atoms with Crippen LogP contribution in [-0.4, -0.2) is 61.5 Å². The van der Waals surface area contributed by atoms with Crippen molar-refractivity contribution in [3.05, 3.63) is 60.2 Å². The number of hydrogen-bond donors (Lipinski definition) is 1. The van der Waals surface area contributed by atoms with E-state index in [1.54, 1.807) is 19.1 Å². The van der Waals surface area contributed by atoms with Crippen LogP contribution in [0.4, 0.5) is 16.3 Å². The number of aryl methyl sites for hydroxylation is 1. The molecular weight excluding hydrogens is 406 g/mol. The van der Waals surface area contributed by atoms with E-state index in [1.807, 2.05) is 61.5 Å². The number of aromatic nitrogens is 2. The first-order chi connectivity index (χ1) is 15.6. The summed E-state index contributed by atoms with van der Waals surface area (Å²) in [7, 11) is 3.24. The Morgan fingerprint density at radius 2 is 1.66 bits per heavy atom. The van der Waals surface area contributed by atoms with Crippen LogP contribution in [0.25, 0.3) is 11.3 Å². The van der Waals surface area contributed by atoms with Gasteiger partial charge in [-0.05, 0) is 61.0 Å². The summed E-state index contributed by atoms with van der Waals surface area (Å²) in [6, 6.07) is 17.3. The zero-order valence-corrected chi connectivity index (χ0v) is 18.5. The first-order valence-electron chi connectivity index (χ1n) is 10.5. The van der Waals surface area contributed by atoms with Gasteiger partial charge in [-0.25, -0.2) is 4.79 Å². The van der Waals surface area contributed by atoms with Gasteiger partial charge in [0, 0.05) is 31.7 Å². The fourth-order valence-electron chi connectivity index (χ4n) is 3.66. The number of benzene rings is 2. The summed E-state index contributed by atoms with van der Waals surface area (Å²) in [5, 5.41) is 11.7. The minimum absolute atomic E-state index is 0.130. The Balaban J connectivity index is 1.35. The maximum absolute atomic E-state index is 12.7. The van der Waals surface area contributed by atoms with Crippen LogP contribution in [0.15, 0.2) is 54.6 Å². The van der Waals surface area contributed by atoms with Crippen LogP contribution in [-0.2, 0) is 0 Å². The van der Waals surface area contributed by atoms with Crippen LogP contribution in [0.1, 0.15) is 5.56 Å². The molecule has 0 unspecified atom stereocenters. The maximum Gasteiger partial charge on any atom is 0.322 e. The van der Waals surface area contributed by atoms with Gasteiger partial charge in [-0.3, -0.25) is 0 Å². The quantitative estimate of drug-likeness (QED) is 0.659. The molecule has 0 aliphatic carbocycles. The number of ether oxygens (including phenoxy) is 2. The molecule has 8 nitrogen and oxygen atoms in total. The van der Waals surface area contributed by atoms with Crippen molar-refractivity contribution >= 4 is 17.5 Å². The minimum Gasteiger partial charge on any atom is -0.497 e. The average Bonchev–Trinajstić information content (AvgIpc) is 2.84. The zero-order chi connectivity index (χ0) is 22.5. The van der Waals surface area contributed by atoms with Gasteiger partial charge in [0.15, 0.2) is 5.82 Å². The highest BCUT2D eigenvalue weighted by Crippen LogP contribution is 2.26. The van der Waals surface area contributed by atoms with Crippen molar-refractivity contribution < 1.29 is 14.3 Å². The molecule has 0 saturated carbocycles. The molecule has 1 N–H and O–H groups in total. The van der Waals surface area contributed by atoms with Gasteiger partial charge in [-0.1, -0.05) is 6.07 Å². The summed E-state index contributed by atoms with van der Waals surface area (Å²) in [5.41, 5.74) is 3.53. The van der Waals surface area contributed by atoms with E-state index in [0.717, 1.165) is 28.4 Å². The van der Waals surface area contributed by atoms with Gasteiger partial charge in [0.2, 0.25) is 0 Å². The average molecular weight is 434 g/mol. The maximum atomic E-state index is 12.7. The highest BCUT2D eigenvalue weighted by Gasteiger charge is 2.23. The van der Waals surface area contributed by atoms with E-state index >= 15 is 0 Å².